The normalized spacial score (nSPS) is 10.7. The van der Waals surface area contributed by atoms with Crippen LogP contribution in [0.15, 0.2) is 41.6 Å². The van der Waals surface area contributed by atoms with Gasteiger partial charge in [0.15, 0.2) is 0 Å². The smallest absolute Gasteiger partial charge is 0.273 e. The van der Waals surface area contributed by atoms with Crippen molar-refractivity contribution in [1.29, 1.82) is 0 Å². The van der Waals surface area contributed by atoms with Crippen molar-refractivity contribution in [2.75, 3.05) is 5.73 Å². The van der Waals surface area contributed by atoms with Crippen molar-refractivity contribution in [2.45, 2.75) is 39.2 Å². The van der Waals surface area contributed by atoms with E-state index in [1.54, 1.807) is 23.0 Å². The molecule has 2 heterocycles. The quantitative estimate of drug-likeness (QED) is 0.821. The van der Waals surface area contributed by atoms with Crippen molar-refractivity contribution in [3.63, 3.8) is 0 Å². The second kappa shape index (κ2) is 6.89. The third-order valence-corrected chi connectivity index (χ3v) is 3.38. The lowest BCUT2D eigenvalue weighted by molar-refractivity contribution is 0.572. The Balaban J connectivity index is 2.24. The second-order valence-electron chi connectivity index (χ2n) is 4.98. The third kappa shape index (κ3) is 3.47. The molecular formula is C16H21N3O. The predicted molar refractivity (Wildman–Crippen MR) is 82.5 cm³/mol. The van der Waals surface area contributed by atoms with Gasteiger partial charge in [-0.05, 0) is 30.2 Å². The van der Waals surface area contributed by atoms with Crippen LogP contribution in [0.25, 0.3) is 11.1 Å². The van der Waals surface area contributed by atoms with E-state index in [0.29, 0.717) is 5.69 Å². The van der Waals surface area contributed by atoms with Gasteiger partial charge in [-0.15, -0.1) is 0 Å². The molecule has 0 saturated carbocycles. The molecule has 106 valence electrons. The fourth-order valence-corrected chi connectivity index (χ4v) is 2.24. The maximum absolute atomic E-state index is 12.0. The van der Waals surface area contributed by atoms with Gasteiger partial charge in [0.25, 0.3) is 5.56 Å². The molecule has 20 heavy (non-hydrogen) atoms. The minimum absolute atomic E-state index is 0.0979. The standard InChI is InChI=1S/C16H21N3O/c1-2-3-4-5-10-19-12-14(11-15(17)16(19)20)13-6-8-18-9-7-13/h6-9,11-12H,2-5,10,17H2,1H3. The van der Waals surface area contributed by atoms with Gasteiger partial charge >= 0.3 is 0 Å². The Morgan fingerprint density at radius 2 is 1.90 bits per heavy atom. The first-order valence-electron chi connectivity index (χ1n) is 7.12. The van der Waals surface area contributed by atoms with E-state index in [0.717, 1.165) is 30.5 Å². The van der Waals surface area contributed by atoms with Crippen molar-refractivity contribution in [3.8, 4) is 11.1 Å². The number of nitrogen functional groups attached to an aromatic ring is 1. The summed E-state index contributed by atoms with van der Waals surface area (Å²) in [6.07, 6.45) is 9.90. The zero-order chi connectivity index (χ0) is 14.4. The summed E-state index contributed by atoms with van der Waals surface area (Å²) >= 11 is 0. The lowest BCUT2D eigenvalue weighted by Crippen LogP contribution is -2.22. The van der Waals surface area contributed by atoms with E-state index in [1.165, 1.54) is 12.8 Å². The van der Waals surface area contributed by atoms with Crippen LogP contribution in [-0.2, 0) is 6.54 Å². The van der Waals surface area contributed by atoms with Crippen molar-refractivity contribution in [1.82, 2.24) is 9.55 Å². The van der Waals surface area contributed by atoms with Crippen LogP contribution in [0.1, 0.15) is 32.6 Å². The maximum Gasteiger partial charge on any atom is 0.273 e. The van der Waals surface area contributed by atoms with Gasteiger partial charge in [-0.2, -0.15) is 0 Å². The van der Waals surface area contributed by atoms with E-state index >= 15 is 0 Å². The van der Waals surface area contributed by atoms with E-state index < -0.39 is 0 Å². The number of hydrogen-bond donors (Lipinski definition) is 1. The van der Waals surface area contributed by atoms with Gasteiger partial charge in [-0.25, -0.2) is 0 Å². The molecule has 0 radical (unpaired) electrons. The molecule has 2 aromatic heterocycles. The topological polar surface area (TPSA) is 60.9 Å². The van der Waals surface area contributed by atoms with E-state index in [1.807, 2.05) is 18.3 Å². The summed E-state index contributed by atoms with van der Waals surface area (Å²) in [6, 6.07) is 5.57. The number of pyridine rings is 2. The van der Waals surface area contributed by atoms with Crippen LogP contribution in [0, 0.1) is 0 Å². The molecule has 0 unspecified atom stereocenters. The molecule has 0 aliphatic rings. The molecule has 0 atom stereocenters. The Morgan fingerprint density at radius 1 is 1.15 bits per heavy atom. The highest BCUT2D eigenvalue weighted by Crippen LogP contribution is 2.18. The minimum Gasteiger partial charge on any atom is -0.394 e. The molecule has 0 fully saturated rings. The monoisotopic (exact) mass is 271 g/mol. The summed E-state index contributed by atoms with van der Waals surface area (Å²) in [6.45, 7) is 2.90. The van der Waals surface area contributed by atoms with E-state index in [2.05, 4.69) is 11.9 Å². The molecular weight excluding hydrogens is 250 g/mol. The van der Waals surface area contributed by atoms with Crippen LogP contribution < -0.4 is 11.3 Å². The molecule has 0 spiro atoms. The van der Waals surface area contributed by atoms with Crippen LogP contribution >= 0.6 is 0 Å². The Bertz CT molecular complexity index is 605. The van der Waals surface area contributed by atoms with Crippen LogP contribution in [-0.4, -0.2) is 9.55 Å². The molecule has 2 aromatic rings. The number of anilines is 1. The van der Waals surface area contributed by atoms with Crippen LogP contribution in [0.2, 0.25) is 0 Å². The van der Waals surface area contributed by atoms with Crippen molar-refractivity contribution in [3.05, 3.63) is 47.1 Å². The predicted octanol–water partition coefficient (Wildman–Crippen LogP) is 3.07. The van der Waals surface area contributed by atoms with Crippen LogP contribution in [0.4, 0.5) is 5.69 Å². The number of unbranched alkanes of at least 4 members (excludes halogenated alkanes) is 3. The maximum atomic E-state index is 12.0. The van der Waals surface area contributed by atoms with Gasteiger partial charge in [0.2, 0.25) is 0 Å². The third-order valence-electron chi connectivity index (χ3n) is 3.38. The summed E-state index contributed by atoms with van der Waals surface area (Å²) in [5, 5.41) is 0. The number of rotatable bonds is 6. The first-order valence-corrected chi connectivity index (χ1v) is 7.12. The lowest BCUT2D eigenvalue weighted by Gasteiger charge is -2.10. The van der Waals surface area contributed by atoms with E-state index in [4.69, 9.17) is 5.73 Å². The number of aromatic nitrogens is 2. The molecule has 4 heteroatoms. The molecule has 0 aliphatic carbocycles. The second-order valence-corrected chi connectivity index (χ2v) is 4.98. The van der Waals surface area contributed by atoms with Crippen molar-refractivity contribution < 1.29 is 0 Å². The molecule has 2 N–H and O–H groups in total. The van der Waals surface area contributed by atoms with Crippen LogP contribution in [0.5, 0.6) is 0 Å². The number of nitrogens with zero attached hydrogens (tertiary/aromatic N) is 2. The Labute approximate surface area is 119 Å². The van der Waals surface area contributed by atoms with Crippen molar-refractivity contribution >= 4 is 5.69 Å². The summed E-state index contributed by atoms with van der Waals surface area (Å²) in [5.74, 6) is 0. The van der Waals surface area contributed by atoms with Gasteiger partial charge < -0.3 is 10.3 Å². The Kier molecular flexibility index (Phi) is 4.93. The first-order chi connectivity index (χ1) is 9.72. The van der Waals surface area contributed by atoms with Gasteiger partial charge in [-0.3, -0.25) is 9.78 Å². The largest absolute Gasteiger partial charge is 0.394 e. The molecule has 0 bridgehead atoms. The van der Waals surface area contributed by atoms with E-state index in [-0.39, 0.29) is 5.56 Å². The Morgan fingerprint density at radius 3 is 2.60 bits per heavy atom. The van der Waals surface area contributed by atoms with Gasteiger partial charge in [0.05, 0.1) is 5.69 Å². The molecule has 0 aromatic carbocycles. The van der Waals surface area contributed by atoms with Crippen molar-refractivity contribution in [2.24, 2.45) is 0 Å². The van der Waals surface area contributed by atoms with Gasteiger partial charge in [0, 0.05) is 30.7 Å². The average Bonchev–Trinajstić information content (AvgIpc) is 2.48. The zero-order valence-electron chi connectivity index (χ0n) is 11.9. The summed E-state index contributed by atoms with van der Waals surface area (Å²) < 4.78 is 1.72. The van der Waals surface area contributed by atoms with Gasteiger partial charge in [-0.1, -0.05) is 26.2 Å². The van der Waals surface area contributed by atoms with Gasteiger partial charge in [0.1, 0.15) is 0 Å². The number of hydrogen-bond acceptors (Lipinski definition) is 3. The Hall–Kier alpha value is -2.10. The number of aryl methyl sites for hydroxylation is 1. The SMILES string of the molecule is CCCCCCn1cc(-c2ccncc2)cc(N)c1=O. The highest BCUT2D eigenvalue weighted by Gasteiger charge is 2.05. The molecule has 4 nitrogen and oxygen atoms in total. The zero-order valence-corrected chi connectivity index (χ0v) is 11.9. The number of nitrogens with two attached hydrogens (primary N) is 1. The summed E-state index contributed by atoms with van der Waals surface area (Å²) in [7, 11) is 0. The lowest BCUT2D eigenvalue weighted by atomic mass is 10.1. The molecule has 0 amide bonds. The fraction of sp³-hybridized carbons (Fsp3) is 0.375. The summed E-state index contributed by atoms with van der Waals surface area (Å²) in [4.78, 5) is 16.0. The van der Waals surface area contributed by atoms with E-state index in [9.17, 15) is 4.79 Å². The molecule has 0 aliphatic heterocycles. The first kappa shape index (κ1) is 14.3. The highest BCUT2D eigenvalue weighted by molar-refractivity contribution is 5.65. The molecule has 0 saturated heterocycles. The highest BCUT2D eigenvalue weighted by atomic mass is 16.1. The fourth-order valence-electron chi connectivity index (χ4n) is 2.24. The van der Waals surface area contributed by atoms with Crippen LogP contribution in [0.3, 0.4) is 0 Å². The molecule has 2 rings (SSSR count). The summed E-state index contributed by atoms with van der Waals surface area (Å²) in [5.41, 5.74) is 8.02. The minimum atomic E-state index is -0.0979. The average molecular weight is 271 g/mol.